The molecule has 4 rings (SSSR count). The van der Waals surface area contributed by atoms with Crippen molar-refractivity contribution in [3.63, 3.8) is 0 Å². The van der Waals surface area contributed by atoms with Gasteiger partial charge in [-0.1, -0.05) is 29.5 Å². The Morgan fingerprint density at radius 3 is 2.48 bits per heavy atom. The van der Waals surface area contributed by atoms with Crippen LogP contribution in [0.3, 0.4) is 0 Å². The molecule has 0 unspecified atom stereocenters. The lowest BCUT2D eigenvalue weighted by Crippen LogP contribution is -2.14. The standard InChI is InChI=1S/C25H27N5O2S/c1-4-32-22-13-9-19(10-14-22)26-24(31)17-33-25-28-27-23(16-21-6-5-15-29(21)3)30(25)20-11-7-18(2)8-12-20/h5-15H,4,16-17H2,1-3H3,(H,26,31). The molecule has 0 aliphatic rings. The molecule has 0 saturated carbocycles. The average molecular weight is 462 g/mol. The molecule has 4 aromatic rings. The summed E-state index contributed by atoms with van der Waals surface area (Å²) < 4.78 is 9.55. The summed E-state index contributed by atoms with van der Waals surface area (Å²) in [5.74, 6) is 1.73. The van der Waals surface area contributed by atoms with Crippen LogP contribution in [0.5, 0.6) is 5.75 Å². The van der Waals surface area contributed by atoms with Crippen LogP contribution in [0, 0.1) is 6.92 Å². The van der Waals surface area contributed by atoms with Crippen LogP contribution in [0.2, 0.25) is 0 Å². The smallest absolute Gasteiger partial charge is 0.234 e. The Bertz CT molecular complexity index is 1210. The Balaban J connectivity index is 1.50. The maximum Gasteiger partial charge on any atom is 0.234 e. The van der Waals surface area contributed by atoms with E-state index < -0.39 is 0 Å². The van der Waals surface area contributed by atoms with Crippen LogP contribution >= 0.6 is 11.8 Å². The molecule has 0 fully saturated rings. The second-order valence-corrected chi connectivity index (χ2v) is 8.59. The van der Waals surface area contributed by atoms with Gasteiger partial charge in [0.15, 0.2) is 5.16 Å². The van der Waals surface area contributed by atoms with E-state index in [-0.39, 0.29) is 11.7 Å². The summed E-state index contributed by atoms with van der Waals surface area (Å²) in [4.78, 5) is 12.6. The van der Waals surface area contributed by atoms with Crippen molar-refractivity contribution in [3.05, 3.63) is 83.9 Å². The molecule has 0 spiro atoms. The third-order valence-corrected chi connectivity index (χ3v) is 6.09. The van der Waals surface area contributed by atoms with E-state index in [1.54, 1.807) is 0 Å². The molecule has 0 saturated heterocycles. The fourth-order valence-electron chi connectivity index (χ4n) is 3.43. The maximum atomic E-state index is 12.6. The molecular weight excluding hydrogens is 434 g/mol. The third kappa shape index (κ3) is 5.64. The van der Waals surface area contributed by atoms with Gasteiger partial charge in [-0.3, -0.25) is 9.36 Å². The van der Waals surface area contributed by atoms with Crippen LogP contribution in [0.15, 0.2) is 72.0 Å². The first-order chi connectivity index (χ1) is 16.0. The first kappa shape index (κ1) is 22.7. The highest BCUT2D eigenvalue weighted by Crippen LogP contribution is 2.24. The molecule has 33 heavy (non-hydrogen) atoms. The van der Waals surface area contributed by atoms with Crippen molar-refractivity contribution in [3.8, 4) is 11.4 Å². The molecule has 0 aliphatic heterocycles. The summed E-state index contributed by atoms with van der Waals surface area (Å²) >= 11 is 1.37. The van der Waals surface area contributed by atoms with Crippen molar-refractivity contribution in [2.75, 3.05) is 17.7 Å². The fourth-order valence-corrected chi connectivity index (χ4v) is 4.20. The van der Waals surface area contributed by atoms with Crippen LogP contribution in [-0.2, 0) is 18.3 Å². The van der Waals surface area contributed by atoms with Crippen molar-refractivity contribution >= 4 is 23.4 Å². The lowest BCUT2D eigenvalue weighted by Gasteiger charge is -2.11. The maximum absolute atomic E-state index is 12.6. The molecule has 0 atom stereocenters. The van der Waals surface area contributed by atoms with Crippen molar-refractivity contribution in [1.82, 2.24) is 19.3 Å². The number of nitrogens with zero attached hydrogens (tertiary/aromatic N) is 4. The number of hydrogen-bond donors (Lipinski definition) is 1. The van der Waals surface area contributed by atoms with Gasteiger partial charge in [-0.25, -0.2) is 0 Å². The highest BCUT2D eigenvalue weighted by molar-refractivity contribution is 7.99. The van der Waals surface area contributed by atoms with Gasteiger partial charge in [0, 0.05) is 36.7 Å². The molecule has 0 radical (unpaired) electrons. The Labute approximate surface area is 197 Å². The number of anilines is 1. The van der Waals surface area contributed by atoms with Crippen molar-refractivity contribution in [2.45, 2.75) is 25.4 Å². The van der Waals surface area contributed by atoms with Crippen LogP contribution in [0.25, 0.3) is 5.69 Å². The Morgan fingerprint density at radius 1 is 1.06 bits per heavy atom. The zero-order valence-electron chi connectivity index (χ0n) is 19.0. The molecule has 170 valence electrons. The van der Waals surface area contributed by atoms with Crippen LogP contribution in [-0.4, -0.2) is 37.6 Å². The Hall–Kier alpha value is -3.52. The summed E-state index contributed by atoms with van der Waals surface area (Å²) in [7, 11) is 2.02. The summed E-state index contributed by atoms with van der Waals surface area (Å²) in [6, 6.07) is 19.7. The van der Waals surface area contributed by atoms with Crippen LogP contribution < -0.4 is 10.1 Å². The highest BCUT2D eigenvalue weighted by Gasteiger charge is 2.17. The lowest BCUT2D eigenvalue weighted by atomic mass is 10.2. The molecule has 7 nitrogen and oxygen atoms in total. The molecule has 1 amide bonds. The number of rotatable bonds is 9. The summed E-state index contributed by atoms with van der Waals surface area (Å²) in [5, 5.41) is 12.5. The first-order valence-corrected chi connectivity index (χ1v) is 11.8. The number of thioether (sulfide) groups is 1. The topological polar surface area (TPSA) is 74.0 Å². The SMILES string of the molecule is CCOc1ccc(NC(=O)CSc2nnc(Cc3cccn3C)n2-c2ccc(C)cc2)cc1. The fraction of sp³-hybridized carbons (Fsp3) is 0.240. The van der Waals surface area contributed by atoms with Gasteiger partial charge in [-0.05, 0) is 62.4 Å². The molecular formula is C25H27N5O2S. The number of aromatic nitrogens is 4. The quantitative estimate of drug-likeness (QED) is 0.368. The second-order valence-electron chi connectivity index (χ2n) is 7.65. The number of benzene rings is 2. The van der Waals surface area contributed by atoms with Crippen molar-refractivity contribution < 1.29 is 9.53 Å². The zero-order chi connectivity index (χ0) is 23.2. The Morgan fingerprint density at radius 2 is 1.82 bits per heavy atom. The van der Waals surface area contributed by atoms with E-state index in [0.29, 0.717) is 18.2 Å². The lowest BCUT2D eigenvalue weighted by molar-refractivity contribution is -0.113. The number of carbonyl (C=O) groups is 1. The van der Waals surface area contributed by atoms with E-state index in [4.69, 9.17) is 4.74 Å². The normalized spacial score (nSPS) is 10.9. The molecule has 2 aromatic carbocycles. The van der Waals surface area contributed by atoms with E-state index in [2.05, 4.69) is 57.3 Å². The molecule has 0 aliphatic carbocycles. The second kappa shape index (κ2) is 10.4. The van der Waals surface area contributed by atoms with Gasteiger partial charge in [0.05, 0.1) is 12.4 Å². The van der Waals surface area contributed by atoms with Gasteiger partial charge < -0.3 is 14.6 Å². The zero-order valence-corrected chi connectivity index (χ0v) is 19.8. The van der Waals surface area contributed by atoms with Gasteiger partial charge in [0.1, 0.15) is 11.6 Å². The average Bonchev–Trinajstić information content (AvgIpc) is 3.40. The van der Waals surface area contributed by atoms with Gasteiger partial charge in [-0.15, -0.1) is 10.2 Å². The van der Waals surface area contributed by atoms with Gasteiger partial charge >= 0.3 is 0 Å². The predicted octanol–water partition coefficient (Wildman–Crippen LogP) is 4.63. The molecule has 0 bridgehead atoms. The minimum Gasteiger partial charge on any atom is -0.494 e. The summed E-state index contributed by atoms with van der Waals surface area (Å²) in [6.07, 6.45) is 2.66. The monoisotopic (exact) mass is 461 g/mol. The van der Waals surface area contributed by atoms with Gasteiger partial charge in [0.2, 0.25) is 5.91 Å². The largest absolute Gasteiger partial charge is 0.494 e. The number of ether oxygens (including phenoxy) is 1. The highest BCUT2D eigenvalue weighted by atomic mass is 32.2. The Kier molecular flexibility index (Phi) is 7.14. The minimum atomic E-state index is -0.105. The number of hydrogen-bond acceptors (Lipinski definition) is 5. The van der Waals surface area contributed by atoms with Crippen LogP contribution in [0.1, 0.15) is 24.0 Å². The van der Waals surface area contributed by atoms with E-state index in [0.717, 1.165) is 28.6 Å². The predicted molar refractivity (Wildman–Crippen MR) is 131 cm³/mol. The van der Waals surface area contributed by atoms with E-state index in [9.17, 15) is 4.79 Å². The van der Waals surface area contributed by atoms with E-state index >= 15 is 0 Å². The summed E-state index contributed by atoms with van der Waals surface area (Å²) in [6.45, 7) is 4.60. The molecule has 2 heterocycles. The third-order valence-electron chi connectivity index (χ3n) is 5.16. The number of amides is 1. The molecule has 8 heteroatoms. The van der Waals surface area contributed by atoms with Crippen LogP contribution in [0.4, 0.5) is 5.69 Å². The number of nitrogens with one attached hydrogen (secondary N) is 1. The number of aryl methyl sites for hydroxylation is 2. The van der Waals surface area contributed by atoms with E-state index in [1.165, 1.54) is 17.3 Å². The van der Waals surface area contributed by atoms with Gasteiger partial charge in [0.25, 0.3) is 0 Å². The van der Waals surface area contributed by atoms with Crippen molar-refractivity contribution in [2.24, 2.45) is 7.05 Å². The van der Waals surface area contributed by atoms with Crippen molar-refractivity contribution in [1.29, 1.82) is 0 Å². The molecule has 1 N–H and O–H groups in total. The summed E-state index contributed by atoms with van der Waals surface area (Å²) in [5.41, 5.74) is 4.03. The number of carbonyl (C=O) groups excluding carboxylic acids is 1. The van der Waals surface area contributed by atoms with E-state index in [1.807, 2.05) is 55.1 Å². The van der Waals surface area contributed by atoms with Gasteiger partial charge in [-0.2, -0.15) is 0 Å². The minimum absolute atomic E-state index is 0.105. The molecule has 2 aromatic heterocycles. The first-order valence-electron chi connectivity index (χ1n) is 10.8.